The maximum Gasteiger partial charge on any atom is 0.255 e. The Labute approximate surface area is 131 Å². The standard InChI is InChI=1S/C15H14BrClN2O/c1-9-7-11(18-2)4-5-12(9)15(20)19-14-6-3-10(17)8-13(14)16/h3-8,18H,1-2H3,(H,19,20). The van der Waals surface area contributed by atoms with Crippen LogP contribution in [0.1, 0.15) is 15.9 Å². The Morgan fingerprint density at radius 1 is 1.20 bits per heavy atom. The minimum Gasteiger partial charge on any atom is -0.388 e. The van der Waals surface area contributed by atoms with Crippen molar-refractivity contribution in [3.05, 3.63) is 57.0 Å². The molecular formula is C15H14BrClN2O. The van der Waals surface area contributed by atoms with Crippen molar-refractivity contribution in [2.75, 3.05) is 17.7 Å². The highest BCUT2D eigenvalue weighted by Gasteiger charge is 2.11. The maximum atomic E-state index is 12.3. The predicted molar refractivity (Wildman–Crippen MR) is 87.8 cm³/mol. The Morgan fingerprint density at radius 3 is 2.55 bits per heavy atom. The van der Waals surface area contributed by atoms with Crippen molar-refractivity contribution in [1.29, 1.82) is 0 Å². The van der Waals surface area contributed by atoms with Crippen molar-refractivity contribution in [2.45, 2.75) is 6.92 Å². The van der Waals surface area contributed by atoms with E-state index in [2.05, 4.69) is 26.6 Å². The first-order chi connectivity index (χ1) is 9.51. The highest BCUT2D eigenvalue weighted by Crippen LogP contribution is 2.26. The fourth-order valence-corrected chi connectivity index (χ4v) is 2.64. The zero-order chi connectivity index (χ0) is 14.7. The molecule has 2 aromatic rings. The monoisotopic (exact) mass is 352 g/mol. The topological polar surface area (TPSA) is 41.1 Å². The first kappa shape index (κ1) is 14.9. The van der Waals surface area contributed by atoms with Gasteiger partial charge in [-0.15, -0.1) is 0 Å². The van der Waals surface area contributed by atoms with Gasteiger partial charge in [0.05, 0.1) is 5.69 Å². The average molecular weight is 354 g/mol. The molecule has 0 aromatic heterocycles. The molecule has 0 aliphatic carbocycles. The quantitative estimate of drug-likeness (QED) is 0.839. The molecule has 0 atom stereocenters. The van der Waals surface area contributed by atoms with Gasteiger partial charge in [0, 0.05) is 27.8 Å². The van der Waals surface area contributed by atoms with Crippen molar-refractivity contribution in [1.82, 2.24) is 0 Å². The third-order valence-electron chi connectivity index (χ3n) is 2.94. The van der Waals surface area contributed by atoms with Crippen LogP contribution in [0.5, 0.6) is 0 Å². The largest absolute Gasteiger partial charge is 0.388 e. The van der Waals surface area contributed by atoms with E-state index in [9.17, 15) is 4.79 Å². The van der Waals surface area contributed by atoms with Crippen LogP contribution in [0.3, 0.4) is 0 Å². The van der Waals surface area contributed by atoms with Gasteiger partial charge in [-0.3, -0.25) is 4.79 Å². The smallest absolute Gasteiger partial charge is 0.255 e. The number of rotatable bonds is 3. The summed E-state index contributed by atoms with van der Waals surface area (Å²) in [5, 5.41) is 6.53. The summed E-state index contributed by atoms with van der Waals surface area (Å²) in [4.78, 5) is 12.3. The van der Waals surface area contributed by atoms with Gasteiger partial charge >= 0.3 is 0 Å². The average Bonchev–Trinajstić information content (AvgIpc) is 2.41. The summed E-state index contributed by atoms with van der Waals surface area (Å²) < 4.78 is 0.753. The fourth-order valence-electron chi connectivity index (χ4n) is 1.85. The van der Waals surface area contributed by atoms with Gasteiger partial charge < -0.3 is 10.6 Å². The molecule has 20 heavy (non-hydrogen) atoms. The number of carbonyl (C=O) groups is 1. The van der Waals surface area contributed by atoms with E-state index in [1.165, 1.54) is 0 Å². The van der Waals surface area contributed by atoms with Crippen LogP contribution in [0, 0.1) is 6.92 Å². The summed E-state index contributed by atoms with van der Waals surface area (Å²) in [5.41, 5.74) is 3.23. The van der Waals surface area contributed by atoms with Crippen molar-refractivity contribution in [2.24, 2.45) is 0 Å². The van der Waals surface area contributed by atoms with E-state index in [1.807, 2.05) is 26.1 Å². The van der Waals surface area contributed by atoms with Crippen molar-refractivity contribution >= 4 is 44.8 Å². The molecule has 0 fully saturated rings. The third kappa shape index (κ3) is 3.32. The second-order valence-corrected chi connectivity index (χ2v) is 5.65. The molecule has 2 rings (SSSR count). The molecule has 0 saturated heterocycles. The minimum absolute atomic E-state index is 0.145. The molecule has 2 aromatic carbocycles. The van der Waals surface area contributed by atoms with Crippen LogP contribution < -0.4 is 10.6 Å². The lowest BCUT2D eigenvalue weighted by atomic mass is 10.1. The van der Waals surface area contributed by atoms with E-state index in [4.69, 9.17) is 11.6 Å². The Morgan fingerprint density at radius 2 is 1.95 bits per heavy atom. The van der Waals surface area contributed by atoms with E-state index in [1.54, 1.807) is 24.3 Å². The molecule has 2 N–H and O–H groups in total. The van der Waals surface area contributed by atoms with Gasteiger partial charge in [0.1, 0.15) is 0 Å². The van der Waals surface area contributed by atoms with Crippen molar-refractivity contribution < 1.29 is 4.79 Å². The molecule has 0 bridgehead atoms. The fraction of sp³-hybridized carbons (Fsp3) is 0.133. The number of hydrogen-bond acceptors (Lipinski definition) is 2. The second kappa shape index (κ2) is 6.29. The summed E-state index contributed by atoms with van der Waals surface area (Å²) in [6, 6.07) is 10.9. The Bertz CT molecular complexity index is 658. The lowest BCUT2D eigenvalue weighted by Gasteiger charge is -2.11. The molecule has 0 unspecified atom stereocenters. The molecule has 0 spiro atoms. The van der Waals surface area contributed by atoms with Gasteiger partial charge in [0.2, 0.25) is 0 Å². The summed E-state index contributed by atoms with van der Waals surface area (Å²) >= 11 is 9.26. The van der Waals surface area contributed by atoms with Crippen LogP contribution in [-0.2, 0) is 0 Å². The first-order valence-corrected chi connectivity index (χ1v) is 7.23. The highest BCUT2D eigenvalue weighted by molar-refractivity contribution is 9.10. The second-order valence-electron chi connectivity index (χ2n) is 4.36. The Hall–Kier alpha value is -1.52. The molecule has 5 heteroatoms. The van der Waals surface area contributed by atoms with Gasteiger partial charge in [-0.25, -0.2) is 0 Å². The molecule has 3 nitrogen and oxygen atoms in total. The number of nitrogens with one attached hydrogen (secondary N) is 2. The number of amides is 1. The zero-order valence-electron chi connectivity index (χ0n) is 11.1. The van der Waals surface area contributed by atoms with E-state index < -0.39 is 0 Å². The number of benzene rings is 2. The molecule has 0 radical (unpaired) electrons. The van der Waals surface area contributed by atoms with Gasteiger partial charge in [-0.2, -0.15) is 0 Å². The molecular weight excluding hydrogens is 340 g/mol. The number of halogens is 2. The van der Waals surface area contributed by atoms with Gasteiger partial charge in [-0.1, -0.05) is 11.6 Å². The van der Waals surface area contributed by atoms with Crippen LogP contribution in [0.25, 0.3) is 0 Å². The molecule has 1 amide bonds. The third-order valence-corrected chi connectivity index (χ3v) is 3.83. The predicted octanol–water partition coefficient (Wildman–Crippen LogP) is 4.70. The highest BCUT2D eigenvalue weighted by atomic mass is 79.9. The van der Waals surface area contributed by atoms with Gasteiger partial charge in [0.25, 0.3) is 5.91 Å². The Balaban J connectivity index is 2.24. The van der Waals surface area contributed by atoms with Gasteiger partial charge in [0.15, 0.2) is 0 Å². The van der Waals surface area contributed by atoms with Crippen molar-refractivity contribution in [3.8, 4) is 0 Å². The summed E-state index contributed by atoms with van der Waals surface area (Å²) in [6.07, 6.45) is 0. The number of anilines is 2. The zero-order valence-corrected chi connectivity index (χ0v) is 13.5. The molecule has 104 valence electrons. The first-order valence-electron chi connectivity index (χ1n) is 6.06. The number of carbonyl (C=O) groups excluding carboxylic acids is 1. The van der Waals surface area contributed by atoms with Crippen LogP contribution >= 0.6 is 27.5 Å². The van der Waals surface area contributed by atoms with E-state index >= 15 is 0 Å². The lowest BCUT2D eigenvalue weighted by molar-refractivity contribution is 0.102. The summed E-state index contributed by atoms with van der Waals surface area (Å²) in [6.45, 7) is 1.91. The molecule has 0 aliphatic rings. The summed E-state index contributed by atoms with van der Waals surface area (Å²) in [7, 11) is 1.85. The number of hydrogen-bond donors (Lipinski definition) is 2. The minimum atomic E-state index is -0.145. The van der Waals surface area contributed by atoms with E-state index in [0.717, 1.165) is 15.7 Å². The number of aryl methyl sites for hydroxylation is 1. The van der Waals surface area contributed by atoms with Crippen LogP contribution in [0.15, 0.2) is 40.9 Å². The molecule has 0 aliphatic heterocycles. The van der Waals surface area contributed by atoms with Crippen LogP contribution in [0.2, 0.25) is 5.02 Å². The van der Waals surface area contributed by atoms with E-state index in [-0.39, 0.29) is 5.91 Å². The van der Waals surface area contributed by atoms with Gasteiger partial charge in [-0.05, 0) is 64.8 Å². The Kier molecular flexibility index (Phi) is 4.68. The maximum absolute atomic E-state index is 12.3. The SMILES string of the molecule is CNc1ccc(C(=O)Nc2ccc(Cl)cc2Br)c(C)c1. The normalized spacial score (nSPS) is 10.2. The van der Waals surface area contributed by atoms with Crippen molar-refractivity contribution in [3.63, 3.8) is 0 Å². The van der Waals surface area contributed by atoms with E-state index in [0.29, 0.717) is 16.3 Å². The molecule has 0 saturated carbocycles. The van der Waals surface area contributed by atoms with Crippen LogP contribution in [0.4, 0.5) is 11.4 Å². The van der Waals surface area contributed by atoms with Crippen LogP contribution in [-0.4, -0.2) is 13.0 Å². The lowest BCUT2D eigenvalue weighted by Crippen LogP contribution is -2.13. The summed E-state index contributed by atoms with van der Waals surface area (Å²) in [5.74, 6) is -0.145. The molecule has 0 heterocycles.